The summed E-state index contributed by atoms with van der Waals surface area (Å²) in [5.74, 6) is -0.190. The summed E-state index contributed by atoms with van der Waals surface area (Å²) in [4.78, 5) is 34.0. The predicted octanol–water partition coefficient (Wildman–Crippen LogP) is 4.47. The molecular weight excluding hydrogens is 462 g/mol. The molecule has 0 spiro atoms. The highest BCUT2D eigenvalue weighted by Crippen LogP contribution is 2.35. The first-order valence-electron chi connectivity index (χ1n) is 10.2. The van der Waals surface area contributed by atoms with Crippen LogP contribution in [0, 0.1) is 0 Å². The Balaban J connectivity index is 1.71. The van der Waals surface area contributed by atoms with E-state index in [9.17, 15) is 9.59 Å². The van der Waals surface area contributed by atoms with Gasteiger partial charge in [-0.1, -0.05) is 60.0 Å². The maximum Gasteiger partial charge on any atom is 0.266 e. The van der Waals surface area contributed by atoms with Gasteiger partial charge in [-0.25, -0.2) is 4.98 Å². The first kappa shape index (κ1) is 22.7. The molecule has 0 atom stereocenters. The van der Waals surface area contributed by atoms with Crippen LogP contribution in [0.4, 0.5) is 0 Å². The van der Waals surface area contributed by atoms with E-state index in [0.29, 0.717) is 51.6 Å². The van der Waals surface area contributed by atoms with E-state index in [0.717, 1.165) is 4.90 Å². The molecule has 2 aromatic heterocycles. The van der Waals surface area contributed by atoms with Crippen molar-refractivity contribution < 1.29 is 9.53 Å². The van der Waals surface area contributed by atoms with Gasteiger partial charge in [-0.2, -0.15) is 0 Å². The maximum atomic E-state index is 13.3. The molecule has 3 heterocycles. The fraction of sp³-hybridized carbons (Fsp3) is 0.217. The number of benzene rings is 1. The summed E-state index contributed by atoms with van der Waals surface area (Å²) >= 11 is 8.03. The summed E-state index contributed by atoms with van der Waals surface area (Å²) in [7, 11) is 0. The van der Waals surface area contributed by atoms with Gasteiger partial charge in [0.1, 0.15) is 15.0 Å². The standard InChI is InChI=1S/C23H21N3O3S3/c1-2-29-14-8-13-26-22(28)18(32-23(26)30)15-17-20(31-16-9-4-3-5-10-16)24-19-11-6-7-12-25(19)21(17)27/h3-7,9-12,15H,2,8,13-14H2,1H3. The Bertz CT molecular complexity index is 1240. The number of hydrogen-bond donors (Lipinski definition) is 0. The molecule has 1 amide bonds. The Morgan fingerprint density at radius 1 is 1.16 bits per heavy atom. The van der Waals surface area contributed by atoms with E-state index >= 15 is 0 Å². The zero-order valence-electron chi connectivity index (χ0n) is 17.4. The second-order valence-electron chi connectivity index (χ2n) is 6.86. The van der Waals surface area contributed by atoms with Crippen molar-refractivity contribution in [2.45, 2.75) is 23.3 Å². The van der Waals surface area contributed by atoms with Gasteiger partial charge in [-0.05, 0) is 43.7 Å². The molecule has 4 rings (SSSR count). The lowest BCUT2D eigenvalue weighted by Crippen LogP contribution is -2.29. The van der Waals surface area contributed by atoms with Gasteiger partial charge in [0.05, 0.1) is 10.5 Å². The second kappa shape index (κ2) is 10.4. The number of rotatable bonds is 8. The van der Waals surface area contributed by atoms with Crippen LogP contribution in [0.3, 0.4) is 0 Å². The van der Waals surface area contributed by atoms with Gasteiger partial charge < -0.3 is 4.74 Å². The van der Waals surface area contributed by atoms with Crippen LogP contribution in [0.25, 0.3) is 11.7 Å². The van der Waals surface area contributed by atoms with Crippen molar-refractivity contribution in [3.63, 3.8) is 0 Å². The van der Waals surface area contributed by atoms with Crippen LogP contribution >= 0.6 is 35.7 Å². The molecule has 32 heavy (non-hydrogen) atoms. The smallest absolute Gasteiger partial charge is 0.266 e. The van der Waals surface area contributed by atoms with Crippen molar-refractivity contribution >= 4 is 57.7 Å². The number of amides is 1. The number of thiocarbonyl (C=S) groups is 1. The number of fused-ring (bicyclic) bond motifs is 1. The number of carbonyl (C=O) groups excluding carboxylic acids is 1. The van der Waals surface area contributed by atoms with Crippen molar-refractivity contribution in [1.29, 1.82) is 0 Å². The van der Waals surface area contributed by atoms with Crippen molar-refractivity contribution in [1.82, 2.24) is 14.3 Å². The number of hydrogen-bond acceptors (Lipinski definition) is 7. The highest BCUT2D eigenvalue weighted by atomic mass is 32.2. The Kier molecular flexibility index (Phi) is 7.41. The fourth-order valence-electron chi connectivity index (χ4n) is 3.18. The lowest BCUT2D eigenvalue weighted by molar-refractivity contribution is -0.122. The Hall–Kier alpha value is -2.46. The van der Waals surface area contributed by atoms with Crippen molar-refractivity contribution in [3.8, 4) is 0 Å². The van der Waals surface area contributed by atoms with Crippen LogP contribution < -0.4 is 5.56 Å². The summed E-state index contributed by atoms with van der Waals surface area (Å²) in [5.41, 5.74) is 0.699. The Morgan fingerprint density at radius 2 is 1.94 bits per heavy atom. The molecule has 3 aromatic rings. The minimum Gasteiger partial charge on any atom is -0.382 e. The zero-order valence-corrected chi connectivity index (χ0v) is 19.8. The first-order valence-corrected chi connectivity index (χ1v) is 12.2. The predicted molar refractivity (Wildman–Crippen MR) is 133 cm³/mol. The van der Waals surface area contributed by atoms with Crippen LogP contribution in [0.1, 0.15) is 18.9 Å². The number of nitrogens with zero attached hydrogens (tertiary/aromatic N) is 3. The van der Waals surface area contributed by atoms with Gasteiger partial charge in [-0.15, -0.1) is 0 Å². The second-order valence-corrected chi connectivity index (χ2v) is 9.60. The molecule has 0 saturated carbocycles. The molecule has 9 heteroatoms. The maximum absolute atomic E-state index is 13.3. The Labute approximate surface area is 199 Å². The molecule has 0 unspecified atom stereocenters. The molecule has 164 valence electrons. The largest absolute Gasteiger partial charge is 0.382 e. The van der Waals surface area contributed by atoms with Crippen molar-refractivity contribution in [3.05, 3.63) is 75.6 Å². The lowest BCUT2D eigenvalue weighted by atomic mass is 10.2. The lowest BCUT2D eigenvalue weighted by Gasteiger charge is -2.14. The molecule has 1 aromatic carbocycles. The van der Waals surface area contributed by atoms with Crippen LogP contribution in [0.5, 0.6) is 0 Å². The molecular formula is C23H21N3O3S3. The molecule has 1 fully saturated rings. The van der Waals surface area contributed by atoms with E-state index in [1.165, 1.54) is 27.9 Å². The summed E-state index contributed by atoms with van der Waals surface area (Å²) < 4.78 is 7.34. The minimum absolute atomic E-state index is 0.190. The van der Waals surface area contributed by atoms with Gasteiger partial charge in [0.25, 0.3) is 11.5 Å². The van der Waals surface area contributed by atoms with E-state index < -0.39 is 0 Å². The van der Waals surface area contributed by atoms with E-state index in [1.54, 1.807) is 29.3 Å². The Morgan fingerprint density at radius 3 is 2.72 bits per heavy atom. The third-order valence-corrected chi connectivity index (χ3v) is 7.11. The average Bonchev–Trinajstić information content (AvgIpc) is 3.07. The zero-order chi connectivity index (χ0) is 22.5. The van der Waals surface area contributed by atoms with Gasteiger partial charge in [-0.3, -0.25) is 18.9 Å². The van der Waals surface area contributed by atoms with E-state index in [1.807, 2.05) is 43.3 Å². The molecule has 0 aliphatic carbocycles. The monoisotopic (exact) mass is 483 g/mol. The summed E-state index contributed by atoms with van der Waals surface area (Å²) in [5, 5.41) is 0.550. The molecule has 0 N–H and O–H groups in total. The summed E-state index contributed by atoms with van der Waals surface area (Å²) in [6.07, 6.45) is 4.00. The van der Waals surface area contributed by atoms with Crippen LogP contribution in [0.15, 0.2) is 74.3 Å². The number of aromatic nitrogens is 2. The highest BCUT2D eigenvalue weighted by molar-refractivity contribution is 8.26. The SMILES string of the molecule is CCOCCCN1C(=O)C(=Cc2c(Sc3ccccc3)nc3ccccn3c2=O)SC1=S. The van der Waals surface area contributed by atoms with Crippen LogP contribution in [0.2, 0.25) is 0 Å². The molecule has 0 bridgehead atoms. The normalized spacial score (nSPS) is 15.3. The molecule has 1 aliphatic rings. The quantitative estimate of drug-likeness (QED) is 0.203. The van der Waals surface area contributed by atoms with Crippen molar-refractivity contribution in [2.75, 3.05) is 19.8 Å². The number of thioether (sulfide) groups is 1. The van der Waals surface area contributed by atoms with Crippen molar-refractivity contribution in [2.24, 2.45) is 0 Å². The van der Waals surface area contributed by atoms with Gasteiger partial charge in [0.2, 0.25) is 0 Å². The molecule has 6 nitrogen and oxygen atoms in total. The number of ether oxygens (including phenoxy) is 1. The highest BCUT2D eigenvalue weighted by Gasteiger charge is 2.32. The molecule has 0 radical (unpaired) electrons. The average molecular weight is 484 g/mol. The van der Waals surface area contributed by atoms with Gasteiger partial charge in [0, 0.05) is 30.9 Å². The van der Waals surface area contributed by atoms with E-state index in [4.69, 9.17) is 21.9 Å². The van der Waals surface area contributed by atoms with Crippen LogP contribution in [-0.2, 0) is 9.53 Å². The minimum atomic E-state index is -0.226. The third kappa shape index (κ3) is 4.96. The number of carbonyl (C=O) groups is 1. The van der Waals surface area contributed by atoms with E-state index in [2.05, 4.69) is 0 Å². The van der Waals surface area contributed by atoms with Crippen LogP contribution in [-0.4, -0.2) is 44.3 Å². The topological polar surface area (TPSA) is 63.9 Å². The van der Waals surface area contributed by atoms with E-state index in [-0.39, 0.29) is 11.5 Å². The summed E-state index contributed by atoms with van der Waals surface area (Å²) in [6.45, 7) is 3.63. The third-order valence-electron chi connectivity index (χ3n) is 4.72. The van der Waals surface area contributed by atoms with Gasteiger partial charge in [0.15, 0.2) is 0 Å². The first-order chi connectivity index (χ1) is 15.6. The summed E-state index contributed by atoms with van der Waals surface area (Å²) in [6, 6.07) is 15.1. The molecule has 1 saturated heterocycles. The van der Waals surface area contributed by atoms with Gasteiger partial charge >= 0.3 is 0 Å². The molecule has 1 aliphatic heterocycles. The fourth-order valence-corrected chi connectivity index (χ4v) is 5.38. The number of pyridine rings is 1.